The number of amides is 1. The first-order valence-corrected chi connectivity index (χ1v) is 7.19. The summed E-state index contributed by atoms with van der Waals surface area (Å²) in [5, 5.41) is 9.14. The lowest BCUT2D eigenvalue weighted by Crippen LogP contribution is -2.41. The maximum absolute atomic E-state index is 12.5. The van der Waals surface area contributed by atoms with E-state index in [9.17, 15) is 4.79 Å². The zero-order chi connectivity index (χ0) is 14.5. The standard InChI is InChI=1S/C16H23NO3/c1-12(14-3-5-15(20-2)6-4-14)16(19)17-9-7-13(11-18)8-10-17/h3-6,12-13,18H,7-11H2,1-2H3. The molecule has 1 atom stereocenters. The fourth-order valence-corrected chi connectivity index (χ4v) is 2.64. The van der Waals surface area contributed by atoms with Gasteiger partial charge in [0.25, 0.3) is 0 Å². The number of hydrogen-bond acceptors (Lipinski definition) is 3. The minimum atomic E-state index is -0.133. The summed E-state index contributed by atoms with van der Waals surface area (Å²) in [5.74, 6) is 1.20. The summed E-state index contributed by atoms with van der Waals surface area (Å²) in [6, 6.07) is 7.66. The first-order chi connectivity index (χ1) is 9.65. The smallest absolute Gasteiger partial charge is 0.229 e. The average molecular weight is 277 g/mol. The van der Waals surface area contributed by atoms with Crippen LogP contribution >= 0.6 is 0 Å². The van der Waals surface area contributed by atoms with Gasteiger partial charge in [-0.2, -0.15) is 0 Å². The Morgan fingerprint density at radius 3 is 2.45 bits per heavy atom. The lowest BCUT2D eigenvalue weighted by atomic mass is 9.94. The van der Waals surface area contributed by atoms with Crippen molar-refractivity contribution in [1.29, 1.82) is 0 Å². The highest BCUT2D eigenvalue weighted by Crippen LogP contribution is 2.24. The minimum Gasteiger partial charge on any atom is -0.497 e. The predicted molar refractivity (Wildman–Crippen MR) is 77.8 cm³/mol. The highest BCUT2D eigenvalue weighted by Gasteiger charge is 2.26. The van der Waals surface area contributed by atoms with Gasteiger partial charge in [-0.25, -0.2) is 0 Å². The average Bonchev–Trinajstić information content (AvgIpc) is 2.53. The van der Waals surface area contributed by atoms with Gasteiger partial charge >= 0.3 is 0 Å². The molecule has 4 nitrogen and oxygen atoms in total. The number of likely N-dealkylation sites (tertiary alicyclic amines) is 1. The normalized spacial score (nSPS) is 17.9. The van der Waals surface area contributed by atoms with E-state index in [0.29, 0.717) is 5.92 Å². The molecule has 1 saturated heterocycles. The first-order valence-electron chi connectivity index (χ1n) is 7.19. The molecule has 0 bridgehead atoms. The molecule has 1 heterocycles. The van der Waals surface area contributed by atoms with Gasteiger partial charge in [-0.05, 0) is 43.4 Å². The number of carbonyl (C=O) groups excluding carboxylic acids is 1. The van der Waals surface area contributed by atoms with Crippen LogP contribution in [0, 0.1) is 5.92 Å². The van der Waals surface area contributed by atoms with Crippen molar-refractivity contribution in [2.45, 2.75) is 25.7 Å². The van der Waals surface area contributed by atoms with Gasteiger partial charge in [0.2, 0.25) is 5.91 Å². The molecule has 20 heavy (non-hydrogen) atoms. The van der Waals surface area contributed by atoms with Gasteiger partial charge in [0, 0.05) is 19.7 Å². The van der Waals surface area contributed by atoms with Crippen LogP contribution in [0.3, 0.4) is 0 Å². The number of carbonyl (C=O) groups is 1. The first kappa shape index (κ1) is 14.9. The Bertz CT molecular complexity index is 436. The van der Waals surface area contributed by atoms with Crippen molar-refractivity contribution >= 4 is 5.91 Å². The number of aliphatic hydroxyl groups excluding tert-OH is 1. The van der Waals surface area contributed by atoms with E-state index >= 15 is 0 Å². The van der Waals surface area contributed by atoms with Crippen molar-refractivity contribution in [2.24, 2.45) is 5.92 Å². The van der Waals surface area contributed by atoms with Crippen molar-refractivity contribution in [3.8, 4) is 5.75 Å². The summed E-state index contributed by atoms with van der Waals surface area (Å²) < 4.78 is 5.13. The molecule has 110 valence electrons. The van der Waals surface area contributed by atoms with E-state index < -0.39 is 0 Å². The van der Waals surface area contributed by atoms with Gasteiger partial charge in [0.05, 0.1) is 13.0 Å². The number of ether oxygens (including phenoxy) is 1. The van der Waals surface area contributed by atoms with Crippen LogP contribution in [0.4, 0.5) is 0 Å². The van der Waals surface area contributed by atoms with Crippen LogP contribution in [0.15, 0.2) is 24.3 Å². The molecule has 0 radical (unpaired) electrons. The summed E-state index contributed by atoms with van der Waals surface area (Å²) in [6.07, 6.45) is 1.80. The molecule has 0 aliphatic carbocycles. The SMILES string of the molecule is COc1ccc(C(C)C(=O)N2CCC(CO)CC2)cc1. The van der Waals surface area contributed by atoms with E-state index in [-0.39, 0.29) is 18.4 Å². The number of rotatable bonds is 4. The Kier molecular flexibility index (Phi) is 5.01. The Morgan fingerprint density at radius 2 is 1.95 bits per heavy atom. The number of methoxy groups -OCH3 is 1. The topological polar surface area (TPSA) is 49.8 Å². The second-order valence-electron chi connectivity index (χ2n) is 5.45. The zero-order valence-electron chi connectivity index (χ0n) is 12.2. The summed E-state index contributed by atoms with van der Waals surface area (Å²) in [5.41, 5.74) is 1.01. The van der Waals surface area contributed by atoms with E-state index in [0.717, 1.165) is 37.2 Å². The van der Waals surface area contributed by atoms with E-state index in [1.165, 1.54) is 0 Å². The van der Waals surface area contributed by atoms with Crippen molar-refractivity contribution in [3.63, 3.8) is 0 Å². The minimum absolute atomic E-state index is 0.133. The number of hydrogen-bond donors (Lipinski definition) is 1. The van der Waals surface area contributed by atoms with Gasteiger partial charge in [-0.3, -0.25) is 4.79 Å². The lowest BCUT2D eigenvalue weighted by molar-refractivity contribution is -0.134. The Balaban J connectivity index is 1.97. The fourth-order valence-electron chi connectivity index (χ4n) is 2.64. The molecule has 1 unspecified atom stereocenters. The number of piperidine rings is 1. The predicted octanol–water partition coefficient (Wildman–Crippen LogP) is 2.03. The van der Waals surface area contributed by atoms with Crippen molar-refractivity contribution in [3.05, 3.63) is 29.8 Å². The van der Waals surface area contributed by atoms with Gasteiger partial charge < -0.3 is 14.7 Å². The van der Waals surface area contributed by atoms with Crippen LogP contribution in [-0.4, -0.2) is 42.7 Å². The van der Waals surface area contributed by atoms with E-state index in [1.54, 1.807) is 7.11 Å². The molecule has 1 aliphatic rings. The maximum atomic E-state index is 12.5. The molecule has 1 amide bonds. The molecule has 0 saturated carbocycles. The Morgan fingerprint density at radius 1 is 1.35 bits per heavy atom. The lowest BCUT2D eigenvalue weighted by Gasteiger charge is -2.33. The fraction of sp³-hybridized carbons (Fsp3) is 0.562. The molecule has 1 fully saturated rings. The van der Waals surface area contributed by atoms with Crippen LogP contribution in [0.1, 0.15) is 31.2 Å². The van der Waals surface area contributed by atoms with Crippen molar-refractivity contribution in [2.75, 3.05) is 26.8 Å². The van der Waals surface area contributed by atoms with Crippen molar-refractivity contribution < 1.29 is 14.6 Å². The van der Waals surface area contributed by atoms with Gasteiger partial charge in [0.1, 0.15) is 5.75 Å². The maximum Gasteiger partial charge on any atom is 0.229 e. The molecular weight excluding hydrogens is 254 g/mol. The number of nitrogens with zero attached hydrogens (tertiary/aromatic N) is 1. The quantitative estimate of drug-likeness (QED) is 0.916. The van der Waals surface area contributed by atoms with Crippen LogP contribution < -0.4 is 4.74 Å². The third-order valence-corrected chi connectivity index (χ3v) is 4.17. The van der Waals surface area contributed by atoms with Crippen LogP contribution in [0.25, 0.3) is 0 Å². The molecule has 1 N–H and O–H groups in total. The molecule has 0 spiro atoms. The molecular formula is C16H23NO3. The molecule has 1 aromatic rings. The van der Waals surface area contributed by atoms with Gasteiger partial charge in [-0.1, -0.05) is 12.1 Å². The highest BCUT2D eigenvalue weighted by atomic mass is 16.5. The second-order valence-corrected chi connectivity index (χ2v) is 5.45. The summed E-state index contributed by atoms with van der Waals surface area (Å²) in [7, 11) is 1.63. The summed E-state index contributed by atoms with van der Waals surface area (Å²) >= 11 is 0. The van der Waals surface area contributed by atoms with Gasteiger partial charge in [0.15, 0.2) is 0 Å². The van der Waals surface area contributed by atoms with E-state index in [2.05, 4.69) is 0 Å². The summed E-state index contributed by atoms with van der Waals surface area (Å²) in [6.45, 7) is 3.69. The van der Waals surface area contributed by atoms with Crippen molar-refractivity contribution in [1.82, 2.24) is 4.90 Å². The second kappa shape index (κ2) is 6.75. The highest BCUT2D eigenvalue weighted by molar-refractivity contribution is 5.83. The largest absolute Gasteiger partial charge is 0.497 e. The Labute approximate surface area is 120 Å². The van der Waals surface area contributed by atoms with Crippen LogP contribution in [0.2, 0.25) is 0 Å². The molecule has 1 aromatic carbocycles. The van der Waals surface area contributed by atoms with Crippen LogP contribution in [-0.2, 0) is 4.79 Å². The molecule has 1 aliphatic heterocycles. The molecule has 4 heteroatoms. The third kappa shape index (κ3) is 3.31. The number of aliphatic hydroxyl groups is 1. The molecule has 2 rings (SSSR count). The zero-order valence-corrected chi connectivity index (χ0v) is 12.2. The third-order valence-electron chi connectivity index (χ3n) is 4.17. The number of benzene rings is 1. The van der Waals surface area contributed by atoms with Crippen LogP contribution in [0.5, 0.6) is 5.75 Å². The Hall–Kier alpha value is -1.55. The summed E-state index contributed by atoms with van der Waals surface area (Å²) in [4.78, 5) is 14.4. The van der Waals surface area contributed by atoms with E-state index in [4.69, 9.17) is 9.84 Å². The van der Waals surface area contributed by atoms with Gasteiger partial charge in [-0.15, -0.1) is 0 Å². The molecule has 0 aromatic heterocycles. The van der Waals surface area contributed by atoms with E-state index in [1.807, 2.05) is 36.1 Å². The monoisotopic (exact) mass is 277 g/mol.